The Morgan fingerprint density at radius 3 is 2.62 bits per heavy atom. The highest BCUT2D eigenvalue weighted by Gasteiger charge is 2.17. The highest BCUT2D eigenvalue weighted by molar-refractivity contribution is 4.90. The van der Waals surface area contributed by atoms with Crippen LogP contribution in [0.25, 0.3) is 0 Å². The van der Waals surface area contributed by atoms with Gasteiger partial charge in [0.2, 0.25) is 0 Å². The van der Waals surface area contributed by atoms with Crippen molar-refractivity contribution in [2.75, 3.05) is 0 Å². The van der Waals surface area contributed by atoms with Gasteiger partial charge in [-0.05, 0) is 19.8 Å². The average molecular weight is 181 g/mol. The van der Waals surface area contributed by atoms with E-state index >= 15 is 0 Å². The van der Waals surface area contributed by atoms with Crippen LogP contribution in [-0.2, 0) is 0 Å². The summed E-state index contributed by atoms with van der Waals surface area (Å²) in [7, 11) is 0. The molecule has 3 nitrogen and oxygen atoms in total. The smallest absolute Gasteiger partial charge is 0.413 e. The lowest BCUT2D eigenvalue weighted by Crippen LogP contribution is -2.21. The summed E-state index contributed by atoms with van der Waals surface area (Å²) in [4.78, 5) is 11.3. The summed E-state index contributed by atoms with van der Waals surface area (Å²) >= 11 is 0. The predicted octanol–water partition coefficient (Wildman–Crippen LogP) is 2.25. The van der Waals surface area contributed by atoms with E-state index in [4.69, 9.17) is 4.42 Å². The molecule has 1 aliphatic carbocycles. The van der Waals surface area contributed by atoms with Gasteiger partial charge in [-0.1, -0.05) is 19.3 Å². The largest absolute Gasteiger partial charge is 0.419 e. The van der Waals surface area contributed by atoms with Gasteiger partial charge in [0.25, 0.3) is 0 Å². The molecule has 0 aliphatic heterocycles. The third-order valence-electron chi connectivity index (χ3n) is 2.75. The third kappa shape index (κ3) is 1.69. The van der Waals surface area contributed by atoms with Crippen LogP contribution in [0.1, 0.15) is 43.9 Å². The molecule has 3 heteroatoms. The first kappa shape index (κ1) is 8.60. The minimum absolute atomic E-state index is 0.190. The fourth-order valence-corrected chi connectivity index (χ4v) is 2.08. The number of aromatic nitrogens is 1. The molecule has 0 N–H and O–H groups in total. The Morgan fingerprint density at radius 2 is 2.08 bits per heavy atom. The Bertz CT molecular complexity index is 331. The van der Waals surface area contributed by atoms with Crippen LogP contribution in [0.2, 0.25) is 0 Å². The predicted molar refractivity (Wildman–Crippen MR) is 49.8 cm³/mol. The van der Waals surface area contributed by atoms with Crippen molar-refractivity contribution in [3.8, 4) is 0 Å². The van der Waals surface area contributed by atoms with E-state index in [1.807, 2.05) is 13.1 Å². The van der Waals surface area contributed by atoms with Crippen molar-refractivity contribution in [3.05, 3.63) is 22.5 Å². The third-order valence-corrected chi connectivity index (χ3v) is 2.75. The van der Waals surface area contributed by atoms with Crippen molar-refractivity contribution in [1.29, 1.82) is 0 Å². The maximum Gasteiger partial charge on any atom is 0.419 e. The van der Waals surface area contributed by atoms with E-state index < -0.39 is 0 Å². The minimum atomic E-state index is -0.190. The van der Waals surface area contributed by atoms with Gasteiger partial charge >= 0.3 is 5.76 Å². The zero-order valence-electron chi connectivity index (χ0n) is 7.95. The molecule has 13 heavy (non-hydrogen) atoms. The van der Waals surface area contributed by atoms with Gasteiger partial charge < -0.3 is 4.42 Å². The molecule has 1 saturated carbocycles. The maximum absolute atomic E-state index is 11.3. The van der Waals surface area contributed by atoms with Gasteiger partial charge in [-0.25, -0.2) is 4.79 Å². The fraction of sp³-hybridized carbons (Fsp3) is 0.700. The van der Waals surface area contributed by atoms with E-state index in [9.17, 15) is 4.79 Å². The maximum atomic E-state index is 11.3. The molecule has 2 rings (SSSR count). The minimum Gasteiger partial charge on any atom is -0.413 e. The SMILES string of the molecule is Cc1cn(C2CCCCC2)c(=O)o1. The lowest BCUT2D eigenvalue weighted by molar-refractivity contribution is 0.328. The Balaban J connectivity index is 2.23. The standard InChI is InChI=1S/C10H15NO2/c1-8-7-11(10(12)13-8)9-5-3-2-4-6-9/h7,9H,2-6H2,1H3. The van der Waals surface area contributed by atoms with Gasteiger partial charge in [-0.15, -0.1) is 0 Å². The molecule has 1 aromatic rings. The van der Waals surface area contributed by atoms with E-state index in [0.29, 0.717) is 6.04 Å². The summed E-state index contributed by atoms with van der Waals surface area (Å²) in [5.74, 6) is 0.528. The van der Waals surface area contributed by atoms with Gasteiger partial charge in [0.05, 0.1) is 0 Å². The summed E-state index contributed by atoms with van der Waals surface area (Å²) in [5, 5.41) is 0. The van der Waals surface area contributed by atoms with Crippen molar-refractivity contribution in [3.63, 3.8) is 0 Å². The van der Waals surface area contributed by atoms with Gasteiger partial charge in [-0.3, -0.25) is 4.57 Å². The molecule has 0 amide bonds. The number of rotatable bonds is 1. The summed E-state index contributed by atoms with van der Waals surface area (Å²) in [6.45, 7) is 1.82. The number of hydrogen-bond acceptors (Lipinski definition) is 2. The van der Waals surface area contributed by atoms with Crippen LogP contribution >= 0.6 is 0 Å². The second kappa shape index (κ2) is 3.40. The lowest BCUT2D eigenvalue weighted by Gasteiger charge is -2.21. The van der Waals surface area contributed by atoms with Crippen molar-refractivity contribution in [2.24, 2.45) is 0 Å². The second-order valence-corrected chi connectivity index (χ2v) is 3.81. The van der Waals surface area contributed by atoms with Crippen molar-refractivity contribution in [1.82, 2.24) is 4.57 Å². The van der Waals surface area contributed by atoms with Crippen molar-refractivity contribution in [2.45, 2.75) is 45.1 Å². The van der Waals surface area contributed by atoms with E-state index in [1.54, 1.807) is 4.57 Å². The molecule has 0 radical (unpaired) electrons. The summed E-state index contributed by atoms with van der Waals surface area (Å²) in [6.07, 6.45) is 7.86. The Morgan fingerprint density at radius 1 is 1.38 bits per heavy atom. The Kier molecular flexibility index (Phi) is 2.25. The molecule has 1 aliphatic rings. The molecular weight excluding hydrogens is 166 g/mol. The monoisotopic (exact) mass is 181 g/mol. The number of aryl methyl sites for hydroxylation is 1. The van der Waals surface area contributed by atoms with Gasteiger partial charge in [0.15, 0.2) is 0 Å². The molecule has 0 atom stereocenters. The highest BCUT2D eigenvalue weighted by Crippen LogP contribution is 2.26. The summed E-state index contributed by atoms with van der Waals surface area (Å²) in [6, 6.07) is 0.388. The van der Waals surface area contributed by atoms with Gasteiger partial charge in [0.1, 0.15) is 5.76 Å². The topological polar surface area (TPSA) is 35.1 Å². The molecule has 72 valence electrons. The van der Waals surface area contributed by atoms with E-state index in [2.05, 4.69) is 0 Å². The molecule has 1 fully saturated rings. The van der Waals surface area contributed by atoms with Gasteiger partial charge in [-0.2, -0.15) is 0 Å². The van der Waals surface area contributed by atoms with Crippen LogP contribution < -0.4 is 5.76 Å². The van der Waals surface area contributed by atoms with E-state index in [-0.39, 0.29) is 5.76 Å². The quantitative estimate of drug-likeness (QED) is 0.666. The van der Waals surface area contributed by atoms with Crippen LogP contribution in [0.15, 0.2) is 15.4 Å². The molecule has 0 saturated heterocycles. The molecule has 0 unspecified atom stereocenters. The molecule has 0 spiro atoms. The van der Waals surface area contributed by atoms with Crippen LogP contribution in [0.4, 0.5) is 0 Å². The molecular formula is C10H15NO2. The van der Waals surface area contributed by atoms with Crippen molar-refractivity contribution >= 4 is 0 Å². The average Bonchev–Trinajstić information content (AvgIpc) is 2.47. The van der Waals surface area contributed by atoms with Crippen LogP contribution in [0.3, 0.4) is 0 Å². The number of oxazole rings is 1. The Labute approximate surface area is 77.4 Å². The summed E-state index contributed by atoms with van der Waals surface area (Å²) < 4.78 is 6.73. The molecule has 1 heterocycles. The van der Waals surface area contributed by atoms with Crippen molar-refractivity contribution < 1.29 is 4.42 Å². The highest BCUT2D eigenvalue weighted by atomic mass is 16.4. The summed E-state index contributed by atoms with van der Waals surface area (Å²) in [5.41, 5.74) is 0. The molecule has 1 aromatic heterocycles. The van der Waals surface area contributed by atoms with Gasteiger partial charge in [0, 0.05) is 12.2 Å². The van der Waals surface area contributed by atoms with E-state index in [1.165, 1.54) is 19.3 Å². The van der Waals surface area contributed by atoms with Crippen LogP contribution in [-0.4, -0.2) is 4.57 Å². The first-order valence-corrected chi connectivity index (χ1v) is 4.96. The molecule has 0 aromatic carbocycles. The first-order valence-electron chi connectivity index (χ1n) is 4.96. The zero-order valence-corrected chi connectivity index (χ0v) is 7.95. The molecule has 0 bridgehead atoms. The zero-order chi connectivity index (χ0) is 9.26. The fourth-order valence-electron chi connectivity index (χ4n) is 2.08. The van der Waals surface area contributed by atoms with Crippen LogP contribution in [0.5, 0.6) is 0 Å². The Hall–Kier alpha value is -0.990. The van der Waals surface area contributed by atoms with Crippen LogP contribution in [0, 0.1) is 6.92 Å². The number of hydrogen-bond donors (Lipinski definition) is 0. The first-order chi connectivity index (χ1) is 6.27. The second-order valence-electron chi connectivity index (χ2n) is 3.81. The lowest BCUT2D eigenvalue weighted by atomic mass is 9.95. The normalized spacial score (nSPS) is 19.2. The van der Waals surface area contributed by atoms with E-state index in [0.717, 1.165) is 18.6 Å². The number of nitrogens with zero attached hydrogens (tertiary/aromatic N) is 1.